The molecule has 8 rings (SSSR count). The lowest BCUT2D eigenvalue weighted by Crippen LogP contribution is -2.45. The Balaban J connectivity index is 1.13. The summed E-state index contributed by atoms with van der Waals surface area (Å²) in [6.07, 6.45) is 2.07. The largest absolute Gasteiger partial charge is 0.497 e. The summed E-state index contributed by atoms with van der Waals surface area (Å²) in [6, 6.07) is 25.0. The van der Waals surface area contributed by atoms with Gasteiger partial charge in [-0.25, -0.2) is 0 Å². The number of halogens is 1. The van der Waals surface area contributed by atoms with Gasteiger partial charge in [0.2, 0.25) is 8.41 Å². The predicted molar refractivity (Wildman–Crippen MR) is 195 cm³/mol. The molecule has 0 radical (unpaired) electrons. The van der Waals surface area contributed by atoms with Gasteiger partial charge in [-0.15, -0.1) is 5.10 Å². The van der Waals surface area contributed by atoms with Crippen LogP contribution in [0.15, 0.2) is 85.1 Å². The van der Waals surface area contributed by atoms with Gasteiger partial charge in [0, 0.05) is 53.9 Å². The third kappa shape index (κ3) is 5.27. The van der Waals surface area contributed by atoms with Gasteiger partial charge in [-0.3, -0.25) is 19.2 Å². The minimum absolute atomic E-state index is 0.0267. The number of aliphatic hydroxyl groups is 1. The van der Waals surface area contributed by atoms with E-state index in [0.717, 1.165) is 22.0 Å². The van der Waals surface area contributed by atoms with Crippen molar-refractivity contribution < 1.29 is 28.3 Å². The highest BCUT2D eigenvalue weighted by Gasteiger charge is 2.66. The molecule has 1 spiro atoms. The number of benzene rings is 4. The molecule has 1 saturated heterocycles. The first-order valence-corrected chi connectivity index (χ1v) is 20.3. The molecule has 12 heteroatoms. The van der Waals surface area contributed by atoms with E-state index in [1.165, 1.54) is 0 Å². The number of aliphatic hydroxyl groups excluding tert-OH is 1. The Labute approximate surface area is 296 Å². The average molecular weight is 706 g/mol. The van der Waals surface area contributed by atoms with Crippen LogP contribution in [0, 0.1) is 5.92 Å². The molecule has 4 aromatic carbocycles. The SMILES string of the molecule is COc1ccc2c(c1)[C@]1(O[C@@H](CCn3cc(CCO)nn3)[C@H]([Si](C)(C)F)[C@H]1C)C(=O)N2Cc1cccc(N2C(=O)c3cccc4cccc2c34)c1. The van der Waals surface area contributed by atoms with Crippen LogP contribution < -0.4 is 14.5 Å². The van der Waals surface area contributed by atoms with Gasteiger partial charge in [-0.1, -0.05) is 48.5 Å². The number of fused-ring (bicyclic) bond motifs is 2. The number of ether oxygens (including phenoxy) is 2. The molecule has 2 amide bonds. The maximum atomic E-state index is 16.4. The lowest BCUT2D eigenvalue weighted by Gasteiger charge is -2.31. The molecule has 3 aliphatic heterocycles. The molecule has 0 unspecified atom stereocenters. The third-order valence-corrected chi connectivity index (χ3v) is 13.3. The molecule has 262 valence electrons. The molecule has 0 aliphatic carbocycles. The van der Waals surface area contributed by atoms with Gasteiger partial charge in [-0.2, -0.15) is 0 Å². The maximum Gasteiger partial charge on any atom is 0.264 e. The van der Waals surface area contributed by atoms with E-state index in [9.17, 15) is 14.7 Å². The van der Waals surface area contributed by atoms with Gasteiger partial charge in [0.25, 0.3) is 11.8 Å². The highest BCUT2D eigenvalue weighted by atomic mass is 28.4. The minimum atomic E-state index is -3.38. The molecule has 1 aromatic heterocycles. The average Bonchev–Trinajstić information content (AvgIpc) is 3.83. The normalized spacial score (nSPS) is 22.5. The van der Waals surface area contributed by atoms with Gasteiger partial charge < -0.3 is 23.6 Å². The quantitative estimate of drug-likeness (QED) is 0.128. The molecule has 4 atom stereocenters. The van der Waals surface area contributed by atoms with Crippen LogP contribution >= 0.6 is 0 Å². The smallest absolute Gasteiger partial charge is 0.264 e. The van der Waals surface area contributed by atoms with Gasteiger partial charge in [0.1, 0.15) is 5.75 Å². The number of methoxy groups -OCH3 is 1. The van der Waals surface area contributed by atoms with E-state index in [0.29, 0.717) is 53.3 Å². The minimum Gasteiger partial charge on any atom is -0.497 e. The van der Waals surface area contributed by atoms with Crippen LogP contribution in [-0.2, 0) is 34.6 Å². The summed E-state index contributed by atoms with van der Waals surface area (Å²) in [5.74, 6) is -0.218. The van der Waals surface area contributed by atoms with Crippen molar-refractivity contribution in [3.63, 3.8) is 0 Å². The molecule has 1 fully saturated rings. The molecule has 51 heavy (non-hydrogen) atoms. The van der Waals surface area contributed by atoms with Crippen molar-refractivity contribution in [2.75, 3.05) is 23.5 Å². The van der Waals surface area contributed by atoms with E-state index < -0.39 is 31.6 Å². The lowest BCUT2D eigenvalue weighted by molar-refractivity contribution is -0.146. The number of anilines is 3. The van der Waals surface area contributed by atoms with Crippen LogP contribution in [0.1, 0.15) is 40.5 Å². The Morgan fingerprint density at radius 3 is 2.57 bits per heavy atom. The number of hydrogen-bond acceptors (Lipinski definition) is 7. The van der Waals surface area contributed by atoms with Crippen LogP contribution in [0.25, 0.3) is 10.8 Å². The monoisotopic (exact) mass is 705 g/mol. The molecule has 1 N–H and O–H groups in total. The Morgan fingerprint density at radius 1 is 1.02 bits per heavy atom. The van der Waals surface area contributed by atoms with E-state index >= 15 is 4.11 Å². The Bertz CT molecular complexity index is 2180. The molecule has 5 aromatic rings. The Morgan fingerprint density at radius 2 is 1.80 bits per heavy atom. The summed E-state index contributed by atoms with van der Waals surface area (Å²) in [5.41, 5.74) is 3.18. The van der Waals surface area contributed by atoms with Crippen LogP contribution in [0.3, 0.4) is 0 Å². The number of aromatic nitrogens is 3. The Hall–Kier alpha value is -4.91. The topological polar surface area (TPSA) is 110 Å². The summed E-state index contributed by atoms with van der Waals surface area (Å²) in [6.45, 7) is 5.94. The van der Waals surface area contributed by atoms with E-state index in [4.69, 9.17) is 9.47 Å². The summed E-state index contributed by atoms with van der Waals surface area (Å²) in [5, 5.41) is 19.5. The molecule has 10 nitrogen and oxygen atoms in total. The third-order valence-electron chi connectivity index (χ3n) is 10.8. The van der Waals surface area contributed by atoms with Crippen molar-refractivity contribution >= 4 is 48.1 Å². The highest BCUT2D eigenvalue weighted by Crippen LogP contribution is 2.61. The van der Waals surface area contributed by atoms with Crippen LogP contribution in [0.5, 0.6) is 5.75 Å². The molecule has 0 saturated carbocycles. The van der Waals surface area contributed by atoms with Crippen LogP contribution in [-0.4, -0.2) is 60.1 Å². The van der Waals surface area contributed by atoms with Gasteiger partial charge in [0.15, 0.2) is 5.60 Å². The first kappa shape index (κ1) is 33.2. The highest BCUT2D eigenvalue weighted by molar-refractivity contribution is 6.72. The van der Waals surface area contributed by atoms with Gasteiger partial charge in [-0.05, 0) is 72.9 Å². The van der Waals surface area contributed by atoms with Crippen molar-refractivity contribution in [2.24, 2.45) is 5.92 Å². The van der Waals surface area contributed by atoms with E-state index in [2.05, 4.69) is 10.3 Å². The van der Waals surface area contributed by atoms with E-state index in [-0.39, 0.29) is 25.0 Å². The zero-order valence-electron chi connectivity index (χ0n) is 29.0. The fourth-order valence-electron chi connectivity index (χ4n) is 8.67. The first-order chi connectivity index (χ1) is 24.5. The Kier molecular flexibility index (Phi) is 8.08. The number of carbonyl (C=O) groups is 2. The fourth-order valence-corrected chi connectivity index (χ4v) is 11.2. The van der Waals surface area contributed by atoms with Crippen molar-refractivity contribution in [1.29, 1.82) is 0 Å². The van der Waals surface area contributed by atoms with Crippen molar-refractivity contribution in [3.8, 4) is 5.75 Å². The summed E-state index contributed by atoms with van der Waals surface area (Å²) in [4.78, 5) is 32.2. The van der Waals surface area contributed by atoms with Crippen molar-refractivity contribution in [2.45, 2.75) is 63.2 Å². The lowest BCUT2D eigenvalue weighted by atomic mass is 9.82. The van der Waals surface area contributed by atoms with Gasteiger partial charge >= 0.3 is 0 Å². The molecule has 3 aliphatic rings. The van der Waals surface area contributed by atoms with Gasteiger partial charge in [0.05, 0.1) is 42.4 Å². The summed E-state index contributed by atoms with van der Waals surface area (Å²) >= 11 is 0. The van der Waals surface area contributed by atoms with Crippen molar-refractivity contribution in [1.82, 2.24) is 15.0 Å². The first-order valence-electron chi connectivity index (χ1n) is 17.4. The number of carbonyl (C=O) groups excluding carboxylic acids is 2. The molecule has 4 heterocycles. The number of amides is 2. The standard InChI is InChI=1S/C39H40FN5O5Si/c1-24-36(51(3,4)40)34(16-18-43-23-27(17-19-46)41-42-43)50-39(24)31-21-29(49-2)14-15-32(31)44(38(39)48)22-25-8-5-11-28(20-25)45-33-13-7-10-26-9-6-12-30(35(26)33)37(45)47/h5-15,20-21,23-24,34,36,46H,16-19,22H2,1-4H3/t24-,34+,36-,39+/m1/s1. The summed E-state index contributed by atoms with van der Waals surface area (Å²) in [7, 11) is -1.80. The van der Waals surface area contributed by atoms with Crippen LogP contribution in [0.4, 0.5) is 21.2 Å². The second-order valence-corrected chi connectivity index (χ2v) is 18.1. The second-order valence-electron chi connectivity index (χ2n) is 14.3. The number of nitrogens with zero attached hydrogens (tertiary/aromatic N) is 5. The van der Waals surface area contributed by atoms with Crippen LogP contribution in [0.2, 0.25) is 18.6 Å². The van der Waals surface area contributed by atoms with Crippen molar-refractivity contribution in [3.05, 3.63) is 107 Å². The number of hydrogen-bond donors (Lipinski definition) is 1. The second kappa shape index (κ2) is 12.4. The van der Waals surface area contributed by atoms with E-state index in [1.54, 1.807) is 40.9 Å². The molecular formula is C39H40FN5O5Si. The zero-order chi connectivity index (χ0) is 35.7. The maximum absolute atomic E-state index is 16.4. The fraction of sp³-hybridized carbons (Fsp3) is 0.333. The van der Waals surface area contributed by atoms with E-state index in [1.807, 2.05) is 85.8 Å². The predicted octanol–water partition coefficient (Wildman–Crippen LogP) is 6.68. The summed E-state index contributed by atoms with van der Waals surface area (Å²) < 4.78 is 30.6. The molecular weight excluding hydrogens is 666 g/mol. The number of aryl methyl sites for hydroxylation is 1. The number of rotatable bonds is 10. The zero-order valence-corrected chi connectivity index (χ0v) is 30.0. The molecule has 0 bridgehead atoms.